The second-order valence-corrected chi connectivity index (χ2v) is 5.83. The third kappa shape index (κ3) is 2.60. The van der Waals surface area contributed by atoms with Crippen LogP contribution < -0.4 is 5.32 Å². The third-order valence-corrected chi connectivity index (χ3v) is 4.43. The minimum atomic E-state index is -0.358. The summed E-state index contributed by atoms with van der Waals surface area (Å²) in [6.45, 7) is 5.07. The molecule has 0 aromatic carbocycles. The molecule has 1 aromatic heterocycles. The molecule has 1 aliphatic rings. The molecule has 94 valence electrons. The summed E-state index contributed by atoms with van der Waals surface area (Å²) in [5.74, 6) is -0.358. The van der Waals surface area contributed by atoms with Gasteiger partial charge < -0.3 is 10.1 Å². The van der Waals surface area contributed by atoms with Crippen molar-refractivity contribution in [2.75, 3.05) is 19.0 Å². The maximum absolute atomic E-state index is 11.4. The van der Waals surface area contributed by atoms with Crippen LogP contribution >= 0.6 is 11.3 Å². The molecular weight excluding hydrogens is 236 g/mol. The monoisotopic (exact) mass is 254 g/mol. The van der Waals surface area contributed by atoms with Gasteiger partial charge in [-0.25, -0.2) is 9.78 Å². The van der Waals surface area contributed by atoms with E-state index in [0.29, 0.717) is 11.1 Å². The maximum atomic E-state index is 11.4. The molecule has 5 heteroatoms. The van der Waals surface area contributed by atoms with E-state index in [1.165, 1.54) is 37.7 Å². The van der Waals surface area contributed by atoms with E-state index in [1.807, 2.05) is 6.92 Å². The Morgan fingerprint density at radius 3 is 2.82 bits per heavy atom. The van der Waals surface area contributed by atoms with Gasteiger partial charge in [0.05, 0.1) is 7.11 Å². The number of anilines is 1. The van der Waals surface area contributed by atoms with Crippen molar-refractivity contribution in [1.29, 1.82) is 0 Å². The number of carbonyl (C=O) groups is 1. The number of carbonyl (C=O) groups excluding carboxylic acids is 1. The lowest BCUT2D eigenvalue weighted by molar-refractivity contribution is 0.0594. The Hall–Kier alpha value is -1.10. The van der Waals surface area contributed by atoms with E-state index in [4.69, 9.17) is 0 Å². The van der Waals surface area contributed by atoms with Gasteiger partial charge in [-0.2, -0.15) is 0 Å². The zero-order valence-electron chi connectivity index (χ0n) is 10.5. The van der Waals surface area contributed by atoms with Gasteiger partial charge in [-0.15, -0.1) is 11.3 Å². The number of aromatic nitrogens is 1. The molecule has 1 aromatic rings. The average molecular weight is 254 g/mol. The van der Waals surface area contributed by atoms with Crippen LogP contribution in [-0.4, -0.2) is 24.6 Å². The SMILES string of the molecule is CCC1(CNc2nc(C(=O)OC)c(C)s2)CC1. The van der Waals surface area contributed by atoms with Crippen molar-refractivity contribution in [3.8, 4) is 0 Å². The summed E-state index contributed by atoms with van der Waals surface area (Å²) in [4.78, 5) is 16.6. The predicted molar refractivity (Wildman–Crippen MR) is 68.6 cm³/mol. The minimum Gasteiger partial charge on any atom is -0.464 e. The molecule has 0 aliphatic heterocycles. The van der Waals surface area contributed by atoms with Crippen molar-refractivity contribution in [3.05, 3.63) is 10.6 Å². The summed E-state index contributed by atoms with van der Waals surface area (Å²) in [6, 6.07) is 0. The van der Waals surface area contributed by atoms with Crippen LogP contribution in [0.15, 0.2) is 0 Å². The van der Waals surface area contributed by atoms with Gasteiger partial charge in [0.1, 0.15) is 0 Å². The van der Waals surface area contributed by atoms with E-state index in [9.17, 15) is 4.79 Å². The molecule has 0 bridgehead atoms. The van der Waals surface area contributed by atoms with Crippen LogP contribution in [0.4, 0.5) is 5.13 Å². The summed E-state index contributed by atoms with van der Waals surface area (Å²) in [6.07, 6.45) is 3.80. The normalized spacial score (nSPS) is 16.6. The van der Waals surface area contributed by atoms with Crippen molar-refractivity contribution in [1.82, 2.24) is 4.98 Å². The van der Waals surface area contributed by atoms with Crippen LogP contribution in [0.25, 0.3) is 0 Å². The Morgan fingerprint density at radius 1 is 1.59 bits per heavy atom. The summed E-state index contributed by atoms with van der Waals surface area (Å²) in [5.41, 5.74) is 0.909. The number of hydrogen-bond donors (Lipinski definition) is 1. The lowest BCUT2D eigenvalue weighted by atomic mass is 10.0. The minimum absolute atomic E-state index is 0.358. The van der Waals surface area contributed by atoms with Gasteiger partial charge in [0, 0.05) is 11.4 Å². The Bertz CT molecular complexity index is 424. The first-order chi connectivity index (χ1) is 8.10. The smallest absolute Gasteiger partial charge is 0.357 e. The van der Waals surface area contributed by atoms with Crippen molar-refractivity contribution in [2.45, 2.75) is 33.1 Å². The quantitative estimate of drug-likeness (QED) is 0.821. The van der Waals surface area contributed by atoms with E-state index < -0.39 is 0 Å². The molecule has 0 saturated heterocycles. The fourth-order valence-corrected chi connectivity index (χ4v) is 2.65. The molecule has 1 fully saturated rings. The Kier molecular flexibility index (Phi) is 3.38. The fraction of sp³-hybridized carbons (Fsp3) is 0.667. The van der Waals surface area contributed by atoms with Crippen LogP contribution in [-0.2, 0) is 4.74 Å². The van der Waals surface area contributed by atoms with Crippen molar-refractivity contribution >= 4 is 22.4 Å². The largest absolute Gasteiger partial charge is 0.464 e. The molecule has 0 spiro atoms. The number of rotatable bonds is 5. The number of methoxy groups -OCH3 is 1. The molecule has 1 saturated carbocycles. The molecule has 17 heavy (non-hydrogen) atoms. The molecule has 0 unspecified atom stereocenters. The molecule has 1 N–H and O–H groups in total. The second-order valence-electron chi connectivity index (χ2n) is 4.62. The number of hydrogen-bond acceptors (Lipinski definition) is 5. The molecule has 4 nitrogen and oxygen atoms in total. The number of aryl methyl sites for hydroxylation is 1. The van der Waals surface area contributed by atoms with Crippen LogP contribution in [0.1, 0.15) is 41.6 Å². The van der Waals surface area contributed by atoms with Crippen LogP contribution in [0.2, 0.25) is 0 Å². The highest BCUT2D eigenvalue weighted by Crippen LogP contribution is 2.48. The number of nitrogens with zero attached hydrogens (tertiary/aromatic N) is 1. The van der Waals surface area contributed by atoms with Gasteiger partial charge >= 0.3 is 5.97 Å². The lowest BCUT2D eigenvalue weighted by Gasteiger charge is -2.11. The molecule has 0 radical (unpaired) electrons. The van der Waals surface area contributed by atoms with Crippen molar-refractivity contribution in [2.24, 2.45) is 5.41 Å². The van der Waals surface area contributed by atoms with Crippen molar-refractivity contribution < 1.29 is 9.53 Å². The lowest BCUT2D eigenvalue weighted by Crippen LogP contribution is -2.14. The molecule has 1 aliphatic carbocycles. The van der Waals surface area contributed by atoms with E-state index in [1.54, 1.807) is 0 Å². The van der Waals surface area contributed by atoms with Gasteiger partial charge in [-0.05, 0) is 31.6 Å². The van der Waals surface area contributed by atoms with E-state index in [-0.39, 0.29) is 5.97 Å². The Morgan fingerprint density at radius 2 is 2.29 bits per heavy atom. The number of nitrogens with one attached hydrogen (secondary N) is 1. The maximum Gasteiger partial charge on any atom is 0.357 e. The molecule has 2 rings (SSSR count). The second kappa shape index (κ2) is 4.64. The third-order valence-electron chi connectivity index (χ3n) is 3.50. The molecule has 0 atom stereocenters. The van der Waals surface area contributed by atoms with Crippen LogP contribution in [0, 0.1) is 12.3 Å². The molecule has 1 heterocycles. The highest BCUT2D eigenvalue weighted by molar-refractivity contribution is 7.15. The number of ether oxygens (including phenoxy) is 1. The van der Waals surface area contributed by atoms with E-state index in [2.05, 4.69) is 22.0 Å². The molecule has 0 amide bonds. The summed E-state index contributed by atoms with van der Waals surface area (Å²) < 4.78 is 4.69. The Balaban J connectivity index is 2.00. The highest BCUT2D eigenvalue weighted by Gasteiger charge is 2.40. The fourth-order valence-electron chi connectivity index (χ4n) is 1.85. The highest BCUT2D eigenvalue weighted by atomic mass is 32.1. The standard InChI is InChI=1S/C12H18N2O2S/c1-4-12(5-6-12)7-13-11-14-9(8(2)17-11)10(15)16-3/h4-7H2,1-3H3,(H,13,14). The van der Waals surface area contributed by atoms with Crippen molar-refractivity contribution in [3.63, 3.8) is 0 Å². The molecular formula is C12H18N2O2S. The van der Waals surface area contributed by atoms with Gasteiger partial charge in [0.2, 0.25) is 0 Å². The zero-order chi connectivity index (χ0) is 12.5. The Labute approximate surface area is 105 Å². The average Bonchev–Trinajstić information content (AvgIpc) is 3.03. The van der Waals surface area contributed by atoms with E-state index >= 15 is 0 Å². The first-order valence-corrected chi connectivity index (χ1v) is 6.71. The first-order valence-electron chi connectivity index (χ1n) is 5.90. The predicted octanol–water partition coefficient (Wildman–Crippen LogP) is 2.84. The van der Waals surface area contributed by atoms with Gasteiger partial charge in [0.15, 0.2) is 10.8 Å². The zero-order valence-corrected chi connectivity index (χ0v) is 11.3. The first kappa shape index (κ1) is 12.4. The summed E-state index contributed by atoms with van der Waals surface area (Å²) >= 11 is 1.51. The number of esters is 1. The van der Waals surface area contributed by atoms with Gasteiger partial charge in [-0.3, -0.25) is 0 Å². The summed E-state index contributed by atoms with van der Waals surface area (Å²) in [5, 5.41) is 4.16. The van der Waals surface area contributed by atoms with Crippen LogP contribution in [0.3, 0.4) is 0 Å². The van der Waals surface area contributed by atoms with Gasteiger partial charge in [0.25, 0.3) is 0 Å². The van der Waals surface area contributed by atoms with Crippen LogP contribution in [0.5, 0.6) is 0 Å². The van der Waals surface area contributed by atoms with Gasteiger partial charge in [-0.1, -0.05) is 6.92 Å². The van der Waals surface area contributed by atoms with E-state index in [0.717, 1.165) is 16.6 Å². The summed E-state index contributed by atoms with van der Waals surface area (Å²) in [7, 11) is 1.38. The number of thiazole rings is 1. The topological polar surface area (TPSA) is 51.2 Å².